The molecule has 10 rings (SSSR count). The first-order chi connectivity index (χ1) is 25.5. The molecule has 0 amide bonds. The molecule has 3 aliphatic rings. The first-order valence-corrected chi connectivity index (χ1v) is 19.5. The zero-order valence-corrected chi connectivity index (χ0v) is 30.5. The lowest BCUT2D eigenvalue weighted by Crippen LogP contribution is -2.17. The third kappa shape index (κ3) is 5.10. The number of fused-ring (bicyclic) bond motifs is 8. The van der Waals surface area contributed by atoms with Crippen LogP contribution in [-0.2, 0) is 5.41 Å². The summed E-state index contributed by atoms with van der Waals surface area (Å²) in [5.74, 6) is 0.350. The van der Waals surface area contributed by atoms with Crippen LogP contribution in [0.5, 0.6) is 0 Å². The molecule has 3 aliphatic carbocycles. The molecule has 52 heavy (non-hydrogen) atoms. The molecule has 7 aromatic rings. The van der Waals surface area contributed by atoms with Gasteiger partial charge in [-0.15, -0.1) is 11.3 Å². The summed E-state index contributed by atoms with van der Waals surface area (Å²) in [5.41, 5.74) is 12.4. The summed E-state index contributed by atoms with van der Waals surface area (Å²) in [5, 5.41) is 7.98. The van der Waals surface area contributed by atoms with Gasteiger partial charge in [-0.1, -0.05) is 147 Å². The molecular formula is C51H40S. The summed E-state index contributed by atoms with van der Waals surface area (Å²) in [7, 11) is 0. The van der Waals surface area contributed by atoms with Gasteiger partial charge in [0.2, 0.25) is 0 Å². The maximum absolute atomic E-state index is 2.61. The fourth-order valence-corrected chi connectivity index (χ4v) is 10.2. The molecule has 0 aliphatic heterocycles. The molecule has 0 saturated carbocycles. The van der Waals surface area contributed by atoms with Crippen molar-refractivity contribution in [3.05, 3.63) is 192 Å². The fourth-order valence-electron chi connectivity index (χ4n) is 9.09. The fraction of sp³-hybridized carbons (Fsp3) is 0.137. The van der Waals surface area contributed by atoms with Crippen LogP contribution in [0.3, 0.4) is 0 Å². The zero-order chi connectivity index (χ0) is 34.8. The highest BCUT2D eigenvalue weighted by molar-refractivity contribution is 7.25. The molecule has 6 aromatic carbocycles. The molecule has 0 nitrogen and oxygen atoms in total. The van der Waals surface area contributed by atoms with Gasteiger partial charge in [-0.25, -0.2) is 0 Å². The van der Waals surface area contributed by atoms with Crippen LogP contribution < -0.4 is 0 Å². The maximum Gasteiger partial charge on any atom is 0.0361 e. The minimum absolute atomic E-state index is 0.0211. The number of benzene rings is 5. The number of hydrogen-bond acceptors (Lipinski definition) is 1. The number of rotatable bonds is 3. The van der Waals surface area contributed by atoms with Gasteiger partial charge in [-0.05, 0) is 121 Å². The first-order valence-electron chi connectivity index (χ1n) is 18.7. The van der Waals surface area contributed by atoms with Crippen molar-refractivity contribution in [2.45, 2.75) is 38.5 Å². The van der Waals surface area contributed by atoms with Crippen molar-refractivity contribution in [1.82, 2.24) is 0 Å². The first kappa shape index (κ1) is 31.3. The molecule has 1 heterocycles. The van der Waals surface area contributed by atoms with Gasteiger partial charge in [0.25, 0.3) is 0 Å². The van der Waals surface area contributed by atoms with E-state index in [4.69, 9.17) is 0 Å². The van der Waals surface area contributed by atoms with Crippen molar-refractivity contribution in [1.29, 1.82) is 0 Å². The van der Waals surface area contributed by atoms with Gasteiger partial charge in [0.1, 0.15) is 0 Å². The van der Waals surface area contributed by atoms with E-state index < -0.39 is 0 Å². The molecule has 1 heteroatoms. The van der Waals surface area contributed by atoms with E-state index in [-0.39, 0.29) is 5.41 Å². The molecule has 250 valence electrons. The molecule has 0 bridgehead atoms. The van der Waals surface area contributed by atoms with Crippen LogP contribution in [-0.4, -0.2) is 0 Å². The van der Waals surface area contributed by atoms with Gasteiger partial charge in [-0.2, -0.15) is 0 Å². The van der Waals surface area contributed by atoms with Gasteiger partial charge in [0, 0.05) is 31.5 Å². The Kier molecular flexibility index (Phi) is 7.41. The Morgan fingerprint density at radius 3 is 2.08 bits per heavy atom. The van der Waals surface area contributed by atoms with E-state index in [0.29, 0.717) is 5.92 Å². The summed E-state index contributed by atoms with van der Waals surface area (Å²) in [6.07, 6.45) is 13.3. The monoisotopic (exact) mass is 684 g/mol. The van der Waals surface area contributed by atoms with Gasteiger partial charge in [-0.3, -0.25) is 0 Å². The van der Waals surface area contributed by atoms with Crippen LogP contribution in [0.1, 0.15) is 49.8 Å². The summed E-state index contributed by atoms with van der Waals surface area (Å²) >= 11 is 1.91. The van der Waals surface area contributed by atoms with Crippen LogP contribution in [0.25, 0.3) is 64.0 Å². The Bertz CT molecular complexity index is 2780. The lowest BCUT2D eigenvalue weighted by molar-refractivity contribution is 0.646. The predicted octanol–water partition coefficient (Wildman–Crippen LogP) is 14.6. The Morgan fingerprint density at radius 1 is 0.577 bits per heavy atom. The van der Waals surface area contributed by atoms with Crippen molar-refractivity contribution < 1.29 is 0 Å². The van der Waals surface area contributed by atoms with E-state index >= 15 is 0 Å². The molecule has 0 spiro atoms. The minimum Gasteiger partial charge on any atom is -0.135 e. The third-order valence-electron chi connectivity index (χ3n) is 11.7. The van der Waals surface area contributed by atoms with Crippen molar-refractivity contribution in [3.8, 4) is 11.1 Å². The van der Waals surface area contributed by atoms with E-state index in [9.17, 15) is 0 Å². The van der Waals surface area contributed by atoms with Crippen LogP contribution >= 0.6 is 11.3 Å². The Balaban J connectivity index is 1.08. The second-order valence-corrected chi connectivity index (χ2v) is 16.2. The highest BCUT2D eigenvalue weighted by Crippen LogP contribution is 2.54. The highest BCUT2D eigenvalue weighted by atomic mass is 32.1. The lowest BCUT2D eigenvalue weighted by Gasteiger charge is -2.27. The van der Waals surface area contributed by atoms with E-state index in [1.54, 1.807) is 0 Å². The molecule has 0 saturated heterocycles. The summed E-state index contributed by atoms with van der Waals surface area (Å²) in [6.45, 7) is 4.84. The van der Waals surface area contributed by atoms with Crippen LogP contribution in [0, 0.1) is 5.92 Å². The maximum atomic E-state index is 2.61. The number of allylic oxidation sites excluding steroid dienone is 8. The SMILES string of the molecule is CC1(C)C2=CCC(C3=CCCC(c4ccccccc(-c5ccccc5)c5ccccc45)=C3)C=C2c2cc3cc4c(cc3cc21)sc1ccccc14. The molecule has 0 N–H and O–H groups in total. The van der Waals surface area contributed by atoms with Crippen molar-refractivity contribution in [3.63, 3.8) is 0 Å². The Labute approximate surface area is 310 Å². The van der Waals surface area contributed by atoms with Crippen LogP contribution in [0.15, 0.2) is 175 Å². The summed E-state index contributed by atoms with van der Waals surface area (Å²) in [6, 6.07) is 51.7. The van der Waals surface area contributed by atoms with Crippen molar-refractivity contribution in [2.24, 2.45) is 5.92 Å². The van der Waals surface area contributed by atoms with Gasteiger partial charge in [0.05, 0.1) is 0 Å². The lowest BCUT2D eigenvalue weighted by atomic mass is 9.76. The summed E-state index contributed by atoms with van der Waals surface area (Å²) < 4.78 is 2.74. The molecule has 1 aromatic heterocycles. The van der Waals surface area contributed by atoms with Gasteiger partial charge in [0.15, 0.2) is 0 Å². The predicted molar refractivity (Wildman–Crippen MR) is 226 cm³/mol. The third-order valence-corrected chi connectivity index (χ3v) is 12.8. The van der Waals surface area contributed by atoms with E-state index in [2.05, 4.69) is 178 Å². The molecule has 0 radical (unpaired) electrons. The van der Waals surface area contributed by atoms with E-state index in [1.807, 2.05) is 11.3 Å². The van der Waals surface area contributed by atoms with Gasteiger partial charge >= 0.3 is 0 Å². The largest absolute Gasteiger partial charge is 0.135 e. The second-order valence-electron chi connectivity index (χ2n) is 15.1. The van der Waals surface area contributed by atoms with E-state index in [0.717, 1.165) is 19.3 Å². The molecule has 0 fully saturated rings. The standard InChI is InChI=1S/C51H40S/c1-51(2)47-26-25-35(28-44(47)45-29-37-30-46-43-23-12-13-24-49(43)52-50(46)32-38(37)31-48(45)51)34-17-14-18-36(27-34)40-20-9-4-3-8-19-39(33-15-6-5-7-16-33)41-21-10-11-22-42(40)41/h3-13,15-17,19-24,26-32,35H,14,18,25H2,1-2H3. The number of thiophene rings is 1. The average molecular weight is 685 g/mol. The normalized spacial score (nSPS) is 17.6. The second kappa shape index (κ2) is 12.3. The smallest absolute Gasteiger partial charge is 0.0361 e. The average Bonchev–Trinajstić information content (AvgIpc) is 3.65. The minimum atomic E-state index is -0.0211. The molecular weight excluding hydrogens is 645 g/mol. The van der Waals surface area contributed by atoms with Crippen molar-refractivity contribution in [2.75, 3.05) is 0 Å². The molecule has 1 atom stereocenters. The number of hydrogen-bond donors (Lipinski definition) is 0. The summed E-state index contributed by atoms with van der Waals surface area (Å²) in [4.78, 5) is 0. The highest BCUT2D eigenvalue weighted by Gasteiger charge is 2.40. The Hall–Kier alpha value is -5.50. The van der Waals surface area contributed by atoms with Crippen LogP contribution in [0.4, 0.5) is 0 Å². The van der Waals surface area contributed by atoms with Crippen LogP contribution in [0.2, 0.25) is 0 Å². The van der Waals surface area contributed by atoms with Crippen molar-refractivity contribution >= 4 is 64.2 Å². The van der Waals surface area contributed by atoms with Gasteiger partial charge < -0.3 is 0 Å². The van der Waals surface area contributed by atoms with E-state index in [1.165, 1.54) is 91.8 Å². The molecule has 1 unspecified atom stereocenters. The zero-order valence-electron chi connectivity index (χ0n) is 29.7. The Morgan fingerprint density at radius 2 is 1.25 bits per heavy atom. The topological polar surface area (TPSA) is 0 Å². The quantitative estimate of drug-likeness (QED) is 0.174.